The number of ketones is 3. The van der Waals surface area contributed by atoms with Gasteiger partial charge in [0.2, 0.25) is 0 Å². The third-order valence-corrected chi connectivity index (χ3v) is 6.32. The molecule has 162 valence electrons. The van der Waals surface area contributed by atoms with Gasteiger partial charge < -0.3 is 10.5 Å². The van der Waals surface area contributed by atoms with Crippen molar-refractivity contribution < 1.29 is 14.4 Å². The van der Waals surface area contributed by atoms with Gasteiger partial charge in [0.1, 0.15) is 0 Å². The van der Waals surface area contributed by atoms with E-state index < -0.39 is 0 Å². The number of carbonyl (C=O) groups is 3. The van der Waals surface area contributed by atoms with Crippen LogP contribution in [0.3, 0.4) is 0 Å². The molecule has 0 saturated heterocycles. The summed E-state index contributed by atoms with van der Waals surface area (Å²) in [6.45, 7) is 6.05. The highest BCUT2D eigenvalue weighted by Gasteiger charge is 2.35. The first-order chi connectivity index (χ1) is 15.3. The third-order valence-electron chi connectivity index (χ3n) is 5.51. The first kappa shape index (κ1) is 21.8. The summed E-state index contributed by atoms with van der Waals surface area (Å²) in [6, 6.07) is 15.6. The molecule has 0 atom stereocenters. The maximum atomic E-state index is 13.4. The number of carbonyl (C=O) groups excluding carboxylic acids is 3. The molecule has 1 aliphatic rings. The minimum atomic E-state index is -0.346. The van der Waals surface area contributed by atoms with E-state index in [1.165, 1.54) is 11.9 Å². The van der Waals surface area contributed by atoms with E-state index in [1.54, 1.807) is 42.5 Å². The summed E-state index contributed by atoms with van der Waals surface area (Å²) < 4.78 is 3.18. The molecule has 0 bridgehead atoms. The molecule has 0 fully saturated rings. The third kappa shape index (κ3) is 3.71. The predicted octanol–water partition coefficient (Wildman–Crippen LogP) is 5.31. The van der Waals surface area contributed by atoms with Gasteiger partial charge in [-0.15, -0.1) is 0 Å². The number of nitrogens with two attached hydrogens (primary N) is 1. The number of hydrogen-bond acceptors (Lipinski definition) is 6. The van der Waals surface area contributed by atoms with Gasteiger partial charge in [0, 0.05) is 27.5 Å². The summed E-state index contributed by atoms with van der Waals surface area (Å²) in [5.41, 5.74) is 9.63. The molecule has 1 aliphatic carbocycles. The van der Waals surface area contributed by atoms with Crippen molar-refractivity contribution >= 4 is 40.7 Å². The lowest BCUT2D eigenvalue weighted by molar-refractivity contribution is 0.0979. The summed E-state index contributed by atoms with van der Waals surface area (Å²) in [7, 11) is 0. The van der Waals surface area contributed by atoms with E-state index in [1.807, 2.05) is 32.9 Å². The molecule has 0 radical (unpaired) electrons. The van der Waals surface area contributed by atoms with E-state index in [9.17, 15) is 14.4 Å². The van der Waals surface area contributed by atoms with E-state index >= 15 is 0 Å². The van der Waals surface area contributed by atoms with Gasteiger partial charge in [-0.05, 0) is 30.0 Å². The number of rotatable bonds is 6. The molecular formula is C26H24N2O3S. The van der Waals surface area contributed by atoms with Crippen LogP contribution in [0.25, 0.3) is 0 Å². The van der Waals surface area contributed by atoms with E-state index in [0.29, 0.717) is 22.4 Å². The summed E-state index contributed by atoms with van der Waals surface area (Å²) >= 11 is 1.40. The molecule has 4 rings (SSSR count). The molecule has 0 saturated carbocycles. The molecule has 3 aromatic rings. The Bertz CT molecular complexity index is 1250. The van der Waals surface area contributed by atoms with Crippen molar-refractivity contribution in [1.82, 2.24) is 0 Å². The van der Waals surface area contributed by atoms with Gasteiger partial charge in [-0.3, -0.25) is 14.4 Å². The Hall–Kier alpha value is -3.38. The zero-order valence-corrected chi connectivity index (χ0v) is 19.0. The van der Waals surface area contributed by atoms with Gasteiger partial charge in [-0.1, -0.05) is 69.3 Å². The summed E-state index contributed by atoms with van der Waals surface area (Å²) in [4.78, 5) is 40.1. The lowest BCUT2D eigenvalue weighted by atomic mass is 9.80. The summed E-state index contributed by atoms with van der Waals surface area (Å²) in [5, 5.41) is 0.214. The molecule has 6 heteroatoms. The van der Waals surface area contributed by atoms with E-state index in [2.05, 4.69) is 4.72 Å². The molecule has 0 spiro atoms. The highest BCUT2D eigenvalue weighted by Crippen LogP contribution is 2.39. The Morgan fingerprint density at radius 2 is 1.56 bits per heavy atom. The first-order valence-corrected chi connectivity index (χ1v) is 11.4. The number of nitrogen functional groups attached to an aromatic ring is 1. The molecule has 5 nitrogen and oxygen atoms in total. The van der Waals surface area contributed by atoms with Gasteiger partial charge in [0.15, 0.2) is 17.3 Å². The standard InChI is InChI=1S/C26H24N2O3S/c1-4-15-9-11-16(12-10-15)24(29)19-13-20(28-32-14(2)3)21-22(23(19)27)26(31)18-8-6-5-7-17(18)25(21)30/h5-14,28H,4,27H2,1-3H3. The highest BCUT2D eigenvalue weighted by atomic mass is 32.2. The van der Waals surface area contributed by atoms with E-state index in [0.717, 1.165) is 12.0 Å². The zero-order chi connectivity index (χ0) is 23.0. The van der Waals surface area contributed by atoms with Crippen LogP contribution in [0.2, 0.25) is 0 Å². The van der Waals surface area contributed by atoms with Crippen LogP contribution in [0.5, 0.6) is 0 Å². The largest absolute Gasteiger partial charge is 0.398 e. The van der Waals surface area contributed by atoms with E-state index in [-0.39, 0.29) is 45.0 Å². The molecule has 3 N–H and O–H groups in total. The molecule has 0 amide bonds. The molecule has 32 heavy (non-hydrogen) atoms. The minimum Gasteiger partial charge on any atom is -0.398 e. The monoisotopic (exact) mass is 444 g/mol. The minimum absolute atomic E-state index is 0.0394. The molecular weight excluding hydrogens is 420 g/mol. The molecule has 0 aromatic heterocycles. The van der Waals surface area contributed by atoms with Crippen molar-refractivity contribution in [3.05, 3.63) is 93.5 Å². The molecule has 3 aromatic carbocycles. The van der Waals surface area contributed by atoms with Crippen LogP contribution >= 0.6 is 11.9 Å². The number of anilines is 2. The average Bonchev–Trinajstić information content (AvgIpc) is 2.81. The van der Waals surface area contributed by atoms with Crippen LogP contribution in [-0.2, 0) is 6.42 Å². The number of hydrogen-bond donors (Lipinski definition) is 2. The van der Waals surface area contributed by atoms with Crippen molar-refractivity contribution in [3.8, 4) is 0 Å². The van der Waals surface area contributed by atoms with Crippen LogP contribution in [0.15, 0.2) is 54.6 Å². The van der Waals surface area contributed by atoms with Gasteiger partial charge in [-0.25, -0.2) is 0 Å². The van der Waals surface area contributed by atoms with Gasteiger partial charge in [-0.2, -0.15) is 0 Å². The van der Waals surface area contributed by atoms with Crippen molar-refractivity contribution in [3.63, 3.8) is 0 Å². The lowest BCUT2D eigenvalue weighted by Gasteiger charge is -2.24. The normalized spacial score (nSPS) is 12.5. The van der Waals surface area contributed by atoms with Crippen LogP contribution < -0.4 is 10.5 Å². The smallest absolute Gasteiger partial charge is 0.196 e. The zero-order valence-electron chi connectivity index (χ0n) is 18.2. The quantitative estimate of drug-likeness (QED) is 0.238. The second-order valence-corrected chi connectivity index (χ2v) is 9.37. The fraction of sp³-hybridized carbons (Fsp3) is 0.192. The fourth-order valence-corrected chi connectivity index (χ4v) is 4.34. The van der Waals surface area contributed by atoms with Gasteiger partial charge in [0.05, 0.1) is 22.5 Å². The maximum absolute atomic E-state index is 13.4. The van der Waals surface area contributed by atoms with Crippen molar-refractivity contribution in [2.45, 2.75) is 32.4 Å². The molecule has 0 aliphatic heterocycles. The van der Waals surface area contributed by atoms with Crippen molar-refractivity contribution in [1.29, 1.82) is 0 Å². The summed E-state index contributed by atoms with van der Waals surface area (Å²) in [5.74, 6) is -0.911. The van der Waals surface area contributed by atoms with Crippen LogP contribution in [-0.4, -0.2) is 22.6 Å². The Morgan fingerprint density at radius 3 is 2.12 bits per heavy atom. The number of benzene rings is 3. The second kappa shape index (κ2) is 8.63. The Balaban J connectivity index is 1.91. The Kier molecular flexibility index (Phi) is 5.89. The van der Waals surface area contributed by atoms with Crippen LogP contribution in [0, 0.1) is 0 Å². The highest BCUT2D eigenvalue weighted by molar-refractivity contribution is 8.01. The molecule has 0 heterocycles. The van der Waals surface area contributed by atoms with Gasteiger partial charge in [0.25, 0.3) is 0 Å². The topological polar surface area (TPSA) is 89.3 Å². The Labute approximate surface area is 191 Å². The Morgan fingerprint density at radius 1 is 0.969 bits per heavy atom. The van der Waals surface area contributed by atoms with Crippen molar-refractivity contribution in [2.75, 3.05) is 10.5 Å². The number of aryl methyl sites for hydroxylation is 1. The number of fused-ring (bicyclic) bond motifs is 2. The second-order valence-electron chi connectivity index (χ2n) is 7.99. The fourth-order valence-electron chi connectivity index (χ4n) is 3.82. The molecule has 0 unspecified atom stereocenters. The van der Waals surface area contributed by atoms with Crippen LogP contribution in [0.1, 0.15) is 74.1 Å². The first-order valence-electron chi connectivity index (χ1n) is 10.5. The number of nitrogens with one attached hydrogen (secondary N) is 1. The van der Waals surface area contributed by atoms with Gasteiger partial charge >= 0.3 is 0 Å². The maximum Gasteiger partial charge on any atom is 0.196 e. The predicted molar refractivity (Wildman–Crippen MR) is 130 cm³/mol. The van der Waals surface area contributed by atoms with E-state index in [4.69, 9.17) is 5.73 Å². The van der Waals surface area contributed by atoms with Crippen molar-refractivity contribution in [2.24, 2.45) is 0 Å². The van der Waals surface area contributed by atoms with Crippen LogP contribution in [0.4, 0.5) is 11.4 Å². The lowest BCUT2D eigenvalue weighted by Crippen LogP contribution is -2.25. The average molecular weight is 445 g/mol. The SMILES string of the molecule is CCc1ccc(C(=O)c2cc(NSC(C)C)c3c(c2N)C(=O)c2ccccc2C3=O)cc1. The summed E-state index contributed by atoms with van der Waals surface area (Å²) in [6.07, 6.45) is 0.867.